The Hall–Kier alpha value is -3.23. The standard InChI is InChI=1S/C15H15N7O2/c23-22(24)14-13(18-12-4-1-2-7-21(12)14)19-8-10-20(11-9-19)15-16-5-3-6-17-15/h1-7H,8-11H2. The van der Waals surface area contributed by atoms with Crippen LogP contribution >= 0.6 is 0 Å². The van der Waals surface area contributed by atoms with Crippen molar-refractivity contribution in [3.05, 3.63) is 53.0 Å². The van der Waals surface area contributed by atoms with E-state index in [1.165, 1.54) is 4.40 Å². The Labute approximate surface area is 137 Å². The van der Waals surface area contributed by atoms with Gasteiger partial charge in [-0.25, -0.2) is 9.97 Å². The number of nitro groups is 1. The molecule has 0 amide bonds. The Kier molecular flexibility index (Phi) is 3.45. The molecular formula is C15H15N7O2. The molecule has 4 rings (SSSR count). The SMILES string of the molecule is O=[N+]([O-])c1c(N2CCN(c3ncccn3)CC2)nc2ccccn12. The molecule has 9 nitrogen and oxygen atoms in total. The lowest BCUT2D eigenvalue weighted by molar-refractivity contribution is -0.389. The lowest BCUT2D eigenvalue weighted by Gasteiger charge is -2.34. The Bertz CT molecular complexity index is 872. The second kappa shape index (κ2) is 5.76. The van der Waals surface area contributed by atoms with E-state index in [9.17, 15) is 10.1 Å². The van der Waals surface area contributed by atoms with Crippen molar-refractivity contribution in [2.75, 3.05) is 36.0 Å². The summed E-state index contributed by atoms with van der Waals surface area (Å²) in [7, 11) is 0. The molecule has 1 saturated heterocycles. The van der Waals surface area contributed by atoms with Gasteiger partial charge in [0.25, 0.3) is 0 Å². The Balaban J connectivity index is 1.61. The van der Waals surface area contributed by atoms with E-state index in [1.807, 2.05) is 11.0 Å². The molecule has 4 heterocycles. The van der Waals surface area contributed by atoms with Crippen LogP contribution in [0.1, 0.15) is 0 Å². The van der Waals surface area contributed by atoms with Gasteiger partial charge in [-0.3, -0.25) is 0 Å². The maximum absolute atomic E-state index is 11.5. The van der Waals surface area contributed by atoms with E-state index in [4.69, 9.17) is 0 Å². The summed E-state index contributed by atoms with van der Waals surface area (Å²) in [6.07, 6.45) is 5.08. The van der Waals surface area contributed by atoms with E-state index in [2.05, 4.69) is 19.9 Å². The highest BCUT2D eigenvalue weighted by Gasteiger charge is 2.29. The number of rotatable bonds is 3. The normalized spacial score (nSPS) is 15.0. The third-order valence-corrected chi connectivity index (χ3v) is 4.07. The largest absolute Gasteiger partial charge is 0.372 e. The number of fused-ring (bicyclic) bond motifs is 1. The summed E-state index contributed by atoms with van der Waals surface area (Å²) in [6.45, 7) is 2.63. The minimum atomic E-state index is -0.373. The summed E-state index contributed by atoms with van der Waals surface area (Å²) in [5.74, 6) is 1.11. The first-order valence-electron chi connectivity index (χ1n) is 7.62. The minimum absolute atomic E-state index is 0.00927. The van der Waals surface area contributed by atoms with Crippen molar-refractivity contribution >= 4 is 23.2 Å². The van der Waals surface area contributed by atoms with Crippen molar-refractivity contribution in [2.45, 2.75) is 0 Å². The van der Waals surface area contributed by atoms with Gasteiger partial charge in [-0.05, 0) is 17.1 Å². The fourth-order valence-electron chi connectivity index (χ4n) is 2.93. The second-order valence-corrected chi connectivity index (χ2v) is 5.47. The molecule has 0 aromatic carbocycles. The fourth-order valence-corrected chi connectivity index (χ4v) is 2.93. The number of hydrogen-bond donors (Lipinski definition) is 0. The van der Waals surface area contributed by atoms with Gasteiger partial charge in [-0.15, -0.1) is 0 Å². The number of imidazole rings is 1. The van der Waals surface area contributed by atoms with Crippen molar-refractivity contribution in [3.63, 3.8) is 0 Å². The predicted octanol–water partition coefficient (Wildman–Crippen LogP) is 1.36. The lowest BCUT2D eigenvalue weighted by atomic mass is 10.3. The van der Waals surface area contributed by atoms with E-state index in [-0.39, 0.29) is 10.7 Å². The van der Waals surface area contributed by atoms with Crippen molar-refractivity contribution in [3.8, 4) is 0 Å². The number of pyridine rings is 1. The van der Waals surface area contributed by atoms with E-state index in [0.29, 0.717) is 43.6 Å². The fraction of sp³-hybridized carbons (Fsp3) is 0.267. The predicted molar refractivity (Wildman–Crippen MR) is 88.3 cm³/mol. The van der Waals surface area contributed by atoms with Gasteiger partial charge >= 0.3 is 5.82 Å². The highest BCUT2D eigenvalue weighted by Crippen LogP contribution is 2.29. The van der Waals surface area contributed by atoms with E-state index in [1.54, 1.807) is 36.8 Å². The summed E-state index contributed by atoms with van der Waals surface area (Å²) in [6, 6.07) is 7.13. The van der Waals surface area contributed by atoms with Crippen LogP contribution in [0.25, 0.3) is 5.65 Å². The monoisotopic (exact) mass is 325 g/mol. The highest BCUT2D eigenvalue weighted by molar-refractivity contribution is 5.64. The van der Waals surface area contributed by atoms with Crippen molar-refractivity contribution < 1.29 is 4.92 Å². The van der Waals surface area contributed by atoms with Gasteiger partial charge in [0.15, 0.2) is 0 Å². The molecule has 1 fully saturated rings. The number of piperazine rings is 1. The first-order valence-corrected chi connectivity index (χ1v) is 7.62. The molecule has 0 bridgehead atoms. The van der Waals surface area contributed by atoms with Crippen LogP contribution in [0.5, 0.6) is 0 Å². The zero-order valence-electron chi connectivity index (χ0n) is 12.8. The molecule has 9 heteroatoms. The van der Waals surface area contributed by atoms with Crippen LogP contribution in [0.3, 0.4) is 0 Å². The van der Waals surface area contributed by atoms with E-state index < -0.39 is 0 Å². The van der Waals surface area contributed by atoms with Crippen molar-refractivity contribution in [2.24, 2.45) is 0 Å². The molecule has 1 aliphatic rings. The number of aromatic nitrogens is 4. The van der Waals surface area contributed by atoms with Gasteiger partial charge in [-0.2, -0.15) is 9.38 Å². The molecule has 0 atom stereocenters. The molecule has 0 N–H and O–H groups in total. The molecular weight excluding hydrogens is 310 g/mol. The van der Waals surface area contributed by atoms with Crippen LogP contribution in [-0.2, 0) is 0 Å². The number of nitrogens with zero attached hydrogens (tertiary/aromatic N) is 7. The van der Waals surface area contributed by atoms with Gasteiger partial charge in [0.2, 0.25) is 17.4 Å². The summed E-state index contributed by atoms with van der Waals surface area (Å²) in [4.78, 5) is 28.1. The molecule has 3 aromatic rings. The summed E-state index contributed by atoms with van der Waals surface area (Å²) in [5, 5.41) is 11.5. The molecule has 0 unspecified atom stereocenters. The number of hydrogen-bond acceptors (Lipinski definition) is 7. The summed E-state index contributed by atoms with van der Waals surface area (Å²) in [5.41, 5.74) is 0.577. The second-order valence-electron chi connectivity index (χ2n) is 5.47. The topological polar surface area (TPSA) is 92.7 Å². The van der Waals surface area contributed by atoms with E-state index in [0.717, 1.165) is 0 Å². The summed E-state index contributed by atoms with van der Waals surface area (Å²) < 4.78 is 1.52. The molecule has 1 aliphatic heterocycles. The van der Waals surface area contributed by atoms with E-state index >= 15 is 0 Å². The lowest BCUT2D eigenvalue weighted by Crippen LogP contribution is -2.47. The van der Waals surface area contributed by atoms with Crippen LogP contribution < -0.4 is 9.80 Å². The van der Waals surface area contributed by atoms with Crippen LogP contribution in [0.2, 0.25) is 0 Å². The molecule has 122 valence electrons. The third-order valence-electron chi connectivity index (χ3n) is 4.07. The maximum Gasteiger partial charge on any atom is 0.372 e. The highest BCUT2D eigenvalue weighted by atomic mass is 16.6. The molecule has 0 spiro atoms. The van der Waals surface area contributed by atoms with Crippen LogP contribution in [-0.4, -0.2) is 50.5 Å². The first-order chi connectivity index (χ1) is 11.7. The van der Waals surface area contributed by atoms with Crippen molar-refractivity contribution in [1.82, 2.24) is 19.4 Å². The molecule has 24 heavy (non-hydrogen) atoms. The van der Waals surface area contributed by atoms with Crippen LogP contribution in [0.4, 0.5) is 17.6 Å². The van der Waals surface area contributed by atoms with Crippen molar-refractivity contribution in [1.29, 1.82) is 0 Å². The van der Waals surface area contributed by atoms with Gasteiger partial charge in [0, 0.05) is 44.6 Å². The first kappa shape index (κ1) is 14.4. The Morgan fingerprint density at radius 1 is 1.00 bits per heavy atom. The maximum atomic E-state index is 11.5. The summed E-state index contributed by atoms with van der Waals surface area (Å²) >= 11 is 0. The zero-order chi connectivity index (χ0) is 16.5. The quantitative estimate of drug-likeness (QED) is 0.530. The molecule has 0 radical (unpaired) electrons. The molecule has 0 saturated carbocycles. The smallest absolute Gasteiger partial charge is 0.358 e. The molecule has 3 aromatic heterocycles. The van der Waals surface area contributed by atoms with Gasteiger partial charge in [0.05, 0.1) is 6.20 Å². The average molecular weight is 325 g/mol. The molecule has 0 aliphatic carbocycles. The Morgan fingerprint density at radius 2 is 1.71 bits per heavy atom. The van der Waals surface area contributed by atoms with Gasteiger partial charge < -0.3 is 19.9 Å². The zero-order valence-corrected chi connectivity index (χ0v) is 12.8. The average Bonchev–Trinajstić information content (AvgIpc) is 3.02. The number of anilines is 2. The van der Waals surface area contributed by atoms with Crippen LogP contribution in [0.15, 0.2) is 42.9 Å². The van der Waals surface area contributed by atoms with Gasteiger partial charge in [-0.1, -0.05) is 6.07 Å². The third kappa shape index (κ3) is 2.39. The minimum Gasteiger partial charge on any atom is -0.358 e. The van der Waals surface area contributed by atoms with Gasteiger partial charge in [0.1, 0.15) is 0 Å². The Morgan fingerprint density at radius 3 is 2.42 bits per heavy atom. The van der Waals surface area contributed by atoms with Crippen LogP contribution in [0, 0.1) is 10.1 Å².